The summed E-state index contributed by atoms with van der Waals surface area (Å²) < 4.78 is 1.87. The molecule has 146 valence electrons. The van der Waals surface area contributed by atoms with Crippen molar-refractivity contribution in [3.63, 3.8) is 0 Å². The maximum absolute atomic E-state index is 11.6. The van der Waals surface area contributed by atoms with Gasteiger partial charge in [-0.2, -0.15) is 0 Å². The molecule has 1 aromatic carbocycles. The number of hydrogen-bond acceptors (Lipinski definition) is 5. The number of nitrogens with two attached hydrogens (primary N) is 1. The van der Waals surface area contributed by atoms with Crippen molar-refractivity contribution >= 4 is 28.8 Å². The third-order valence-electron chi connectivity index (χ3n) is 5.35. The number of quaternary nitrogens is 1. The molecular formula is C19H22ClN6OS+. The van der Waals surface area contributed by atoms with E-state index in [0.717, 1.165) is 37.3 Å². The van der Waals surface area contributed by atoms with E-state index in [0.29, 0.717) is 11.6 Å². The molecule has 0 spiro atoms. The first-order chi connectivity index (χ1) is 13.6. The Morgan fingerprint density at radius 1 is 1.29 bits per heavy atom. The number of aromatic nitrogens is 4. The smallest absolute Gasteiger partial charge is 0.220 e. The van der Waals surface area contributed by atoms with Crippen molar-refractivity contribution in [3.8, 4) is 0 Å². The first-order valence-electron chi connectivity index (χ1n) is 9.29. The molecule has 9 heteroatoms. The molecule has 0 bridgehead atoms. The Morgan fingerprint density at radius 3 is 2.68 bits per heavy atom. The van der Waals surface area contributed by atoms with Gasteiger partial charge in [0, 0.05) is 34.2 Å². The SMILES string of the molecule is NC(=O)C1CC[NH+]([C@@H](c2ccc(Cl)cc2)c2nnnn2Cc2cccs2)CC1. The molecule has 0 radical (unpaired) electrons. The number of nitrogens with one attached hydrogen (secondary N) is 1. The number of hydrogen-bond donors (Lipinski definition) is 2. The first-order valence-corrected chi connectivity index (χ1v) is 10.6. The van der Waals surface area contributed by atoms with E-state index in [1.807, 2.05) is 35.0 Å². The number of nitrogens with zero attached hydrogens (tertiary/aromatic N) is 4. The van der Waals surface area contributed by atoms with Gasteiger partial charge in [-0.05, 0) is 34.0 Å². The standard InChI is InChI=1S/C19H21ClN6OS/c20-15-5-3-13(4-6-15)17(25-9-7-14(8-10-25)18(21)27)19-22-23-24-26(19)12-16-2-1-11-28-16/h1-6,11,14,17H,7-10,12H2,(H2,21,27)/p+1/t17-/m0/s1. The van der Waals surface area contributed by atoms with Crippen LogP contribution >= 0.6 is 22.9 Å². The third-order valence-corrected chi connectivity index (χ3v) is 6.46. The molecule has 0 saturated carbocycles. The maximum atomic E-state index is 11.6. The van der Waals surface area contributed by atoms with Gasteiger partial charge < -0.3 is 10.6 Å². The molecule has 1 atom stereocenters. The van der Waals surface area contributed by atoms with Crippen molar-refractivity contribution in [2.24, 2.45) is 11.7 Å². The fourth-order valence-corrected chi connectivity index (χ4v) is 4.68. The van der Waals surface area contributed by atoms with Crippen LogP contribution < -0.4 is 10.6 Å². The van der Waals surface area contributed by atoms with Crippen molar-refractivity contribution in [3.05, 3.63) is 63.1 Å². The molecule has 4 rings (SSSR count). The number of amides is 1. The molecule has 0 unspecified atom stereocenters. The van der Waals surface area contributed by atoms with Gasteiger partial charge in [0.2, 0.25) is 11.7 Å². The lowest BCUT2D eigenvalue weighted by molar-refractivity contribution is -0.931. The molecular weight excluding hydrogens is 396 g/mol. The van der Waals surface area contributed by atoms with Crippen LogP contribution in [0, 0.1) is 5.92 Å². The predicted molar refractivity (Wildman–Crippen MR) is 107 cm³/mol. The number of rotatable bonds is 6. The number of carbonyl (C=O) groups is 1. The Morgan fingerprint density at radius 2 is 2.04 bits per heavy atom. The van der Waals surface area contributed by atoms with Gasteiger partial charge in [-0.1, -0.05) is 29.8 Å². The summed E-state index contributed by atoms with van der Waals surface area (Å²) in [7, 11) is 0. The van der Waals surface area contributed by atoms with E-state index < -0.39 is 0 Å². The highest BCUT2D eigenvalue weighted by Crippen LogP contribution is 2.22. The summed E-state index contributed by atoms with van der Waals surface area (Å²) in [6, 6.07) is 11.9. The molecule has 3 aromatic rings. The van der Waals surface area contributed by atoms with Gasteiger partial charge in [0.1, 0.15) is 0 Å². The quantitative estimate of drug-likeness (QED) is 0.632. The van der Waals surface area contributed by atoms with Gasteiger partial charge in [-0.3, -0.25) is 4.79 Å². The summed E-state index contributed by atoms with van der Waals surface area (Å²) in [5.74, 6) is 0.574. The number of thiophene rings is 1. The average Bonchev–Trinajstić information content (AvgIpc) is 3.37. The van der Waals surface area contributed by atoms with Gasteiger partial charge >= 0.3 is 0 Å². The molecule has 7 nitrogen and oxygen atoms in total. The summed E-state index contributed by atoms with van der Waals surface area (Å²) in [4.78, 5) is 14.1. The van der Waals surface area contributed by atoms with Crippen LogP contribution in [0.3, 0.4) is 0 Å². The van der Waals surface area contributed by atoms with Gasteiger partial charge in [-0.25, -0.2) is 4.68 Å². The highest BCUT2D eigenvalue weighted by molar-refractivity contribution is 7.09. The molecule has 1 aliphatic heterocycles. The second kappa shape index (κ2) is 8.38. The third kappa shape index (κ3) is 4.09. The van der Waals surface area contributed by atoms with Gasteiger partial charge in [-0.15, -0.1) is 16.4 Å². The molecule has 3 N–H and O–H groups in total. The Bertz CT molecular complexity index is 918. The Hall–Kier alpha value is -2.29. The van der Waals surface area contributed by atoms with E-state index in [1.54, 1.807) is 11.3 Å². The van der Waals surface area contributed by atoms with Crippen molar-refractivity contribution < 1.29 is 9.69 Å². The monoisotopic (exact) mass is 417 g/mol. The van der Waals surface area contributed by atoms with Gasteiger partial charge in [0.15, 0.2) is 6.04 Å². The molecule has 1 amide bonds. The summed E-state index contributed by atoms with van der Waals surface area (Å²) >= 11 is 7.79. The molecule has 1 fully saturated rings. The molecule has 28 heavy (non-hydrogen) atoms. The Balaban J connectivity index is 1.65. The van der Waals surface area contributed by atoms with Crippen LogP contribution in [0.4, 0.5) is 0 Å². The average molecular weight is 418 g/mol. The van der Waals surface area contributed by atoms with E-state index >= 15 is 0 Å². The van der Waals surface area contributed by atoms with Gasteiger partial charge in [0.05, 0.1) is 19.6 Å². The zero-order valence-corrected chi connectivity index (χ0v) is 16.9. The minimum atomic E-state index is -0.204. The minimum absolute atomic E-state index is 0.0268. The van der Waals surface area contributed by atoms with Crippen molar-refractivity contribution in [2.75, 3.05) is 13.1 Å². The number of primary amides is 1. The molecule has 2 aromatic heterocycles. The second-order valence-corrected chi connectivity index (χ2v) is 8.56. The lowest BCUT2D eigenvalue weighted by Crippen LogP contribution is -3.13. The summed E-state index contributed by atoms with van der Waals surface area (Å²) in [5, 5.41) is 15.3. The van der Waals surface area contributed by atoms with Crippen LogP contribution in [0.25, 0.3) is 0 Å². The maximum Gasteiger partial charge on any atom is 0.220 e. The lowest BCUT2D eigenvalue weighted by Gasteiger charge is -2.33. The Labute approximate surface area is 172 Å². The number of benzene rings is 1. The Kier molecular flexibility index (Phi) is 5.70. The normalized spacial score (nSPS) is 20.8. The van der Waals surface area contributed by atoms with Crippen LogP contribution in [0.15, 0.2) is 41.8 Å². The van der Waals surface area contributed by atoms with E-state index in [9.17, 15) is 4.79 Å². The number of likely N-dealkylation sites (tertiary alicyclic amines) is 1. The second-order valence-electron chi connectivity index (χ2n) is 7.09. The van der Waals surface area contributed by atoms with Crippen LogP contribution in [-0.2, 0) is 11.3 Å². The first kappa shape index (κ1) is 19.0. The van der Waals surface area contributed by atoms with Crippen molar-refractivity contribution in [2.45, 2.75) is 25.4 Å². The van der Waals surface area contributed by atoms with Crippen LogP contribution in [0.2, 0.25) is 5.02 Å². The van der Waals surface area contributed by atoms with E-state index in [1.165, 1.54) is 9.78 Å². The molecule has 0 aliphatic carbocycles. The highest BCUT2D eigenvalue weighted by Gasteiger charge is 2.36. The number of halogens is 1. The summed E-state index contributed by atoms with van der Waals surface area (Å²) in [6.45, 7) is 2.32. The fourth-order valence-electron chi connectivity index (χ4n) is 3.87. The fraction of sp³-hybridized carbons (Fsp3) is 0.368. The number of carbonyl (C=O) groups excluding carboxylic acids is 1. The van der Waals surface area contributed by atoms with Crippen LogP contribution in [-0.4, -0.2) is 39.2 Å². The summed E-state index contributed by atoms with van der Waals surface area (Å²) in [5.41, 5.74) is 6.62. The lowest BCUT2D eigenvalue weighted by atomic mass is 9.93. The number of tetrazole rings is 1. The van der Waals surface area contributed by atoms with Gasteiger partial charge in [0.25, 0.3) is 0 Å². The highest BCUT2D eigenvalue weighted by atomic mass is 35.5. The van der Waals surface area contributed by atoms with Crippen molar-refractivity contribution in [1.82, 2.24) is 20.2 Å². The largest absolute Gasteiger partial charge is 0.369 e. The number of piperidine rings is 1. The molecule has 1 saturated heterocycles. The molecule has 1 aliphatic rings. The van der Waals surface area contributed by atoms with Crippen LogP contribution in [0.1, 0.15) is 35.1 Å². The van der Waals surface area contributed by atoms with Crippen LogP contribution in [0.5, 0.6) is 0 Å². The summed E-state index contributed by atoms with van der Waals surface area (Å²) in [6.07, 6.45) is 1.56. The van der Waals surface area contributed by atoms with E-state index in [4.69, 9.17) is 17.3 Å². The van der Waals surface area contributed by atoms with Crippen molar-refractivity contribution in [1.29, 1.82) is 0 Å². The topological polar surface area (TPSA) is 91.1 Å². The van der Waals surface area contributed by atoms with E-state index in [-0.39, 0.29) is 17.9 Å². The minimum Gasteiger partial charge on any atom is -0.369 e. The van der Waals surface area contributed by atoms with E-state index in [2.05, 4.69) is 27.0 Å². The molecule has 3 heterocycles. The zero-order valence-electron chi connectivity index (χ0n) is 15.3. The predicted octanol–water partition coefficient (Wildman–Crippen LogP) is 1.31. The zero-order chi connectivity index (χ0) is 19.5.